The first-order valence-corrected chi connectivity index (χ1v) is 8.31. The van der Waals surface area contributed by atoms with Crippen LogP contribution in [0.3, 0.4) is 0 Å². The summed E-state index contributed by atoms with van der Waals surface area (Å²) in [4.78, 5) is 14.4. The van der Waals surface area contributed by atoms with Crippen molar-refractivity contribution in [2.24, 2.45) is 5.41 Å². The van der Waals surface area contributed by atoms with Crippen LogP contribution in [0, 0.1) is 5.41 Å². The van der Waals surface area contributed by atoms with E-state index in [1.165, 1.54) is 19.3 Å². The maximum atomic E-state index is 12.3. The Balaban J connectivity index is 1.40. The Bertz CT molecular complexity index is 342. The van der Waals surface area contributed by atoms with Gasteiger partial charge in [-0.25, -0.2) is 0 Å². The molecule has 3 saturated heterocycles. The summed E-state index contributed by atoms with van der Waals surface area (Å²) in [5.41, 5.74) is 0.501. The summed E-state index contributed by atoms with van der Waals surface area (Å²) in [7, 11) is 0. The fourth-order valence-electron chi connectivity index (χ4n) is 3.99. The van der Waals surface area contributed by atoms with Gasteiger partial charge in [-0.05, 0) is 57.4 Å². The third-order valence-corrected chi connectivity index (χ3v) is 5.51. The predicted molar refractivity (Wildman–Crippen MR) is 78.5 cm³/mol. The number of carbonyl (C=O) groups excluding carboxylic acids is 1. The molecule has 0 aromatic heterocycles. The molecular weight excluding hydrogens is 252 g/mol. The molecule has 2 atom stereocenters. The predicted octanol–water partition coefficient (Wildman–Crippen LogP) is 1.94. The lowest BCUT2D eigenvalue weighted by Crippen LogP contribution is -2.44. The molecule has 2 unspecified atom stereocenters. The highest BCUT2D eigenvalue weighted by molar-refractivity contribution is 5.76. The molecule has 4 nitrogen and oxygen atoms in total. The van der Waals surface area contributed by atoms with Gasteiger partial charge in [-0.3, -0.25) is 4.79 Å². The molecule has 0 aliphatic carbocycles. The van der Waals surface area contributed by atoms with Crippen LogP contribution >= 0.6 is 0 Å². The summed E-state index contributed by atoms with van der Waals surface area (Å²) in [5.74, 6) is 0.342. The Kier molecular flexibility index (Phi) is 4.32. The summed E-state index contributed by atoms with van der Waals surface area (Å²) in [6, 6.07) is 0. The van der Waals surface area contributed by atoms with Gasteiger partial charge in [-0.15, -0.1) is 0 Å². The third kappa shape index (κ3) is 3.17. The number of likely N-dealkylation sites (tertiary alicyclic amines) is 1. The van der Waals surface area contributed by atoms with E-state index >= 15 is 0 Å². The molecule has 3 aliphatic heterocycles. The smallest absolute Gasteiger partial charge is 0.222 e. The van der Waals surface area contributed by atoms with Gasteiger partial charge in [0.1, 0.15) is 0 Å². The minimum Gasteiger partial charge on any atom is -0.375 e. The van der Waals surface area contributed by atoms with Gasteiger partial charge < -0.3 is 15.0 Å². The van der Waals surface area contributed by atoms with Crippen LogP contribution in [0.4, 0.5) is 0 Å². The molecule has 3 aliphatic rings. The number of piperidine rings is 1. The molecule has 4 heteroatoms. The van der Waals surface area contributed by atoms with E-state index in [2.05, 4.69) is 17.1 Å². The number of amides is 1. The van der Waals surface area contributed by atoms with E-state index in [1.807, 2.05) is 0 Å². The number of ether oxygens (including phenoxy) is 1. The molecule has 3 rings (SSSR count). The monoisotopic (exact) mass is 280 g/mol. The second-order valence-corrected chi connectivity index (χ2v) is 6.99. The van der Waals surface area contributed by atoms with Crippen LogP contribution in [0.2, 0.25) is 0 Å². The van der Waals surface area contributed by atoms with Crippen molar-refractivity contribution in [3.63, 3.8) is 0 Å². The van der Waals surface area contributed by atoms with Crippen molar-refractivity contribution in [2.45, 2.75) is 64.1 Å². The number of hydrogen-bond acceptors (Lipinski definition) is 3. The SMILES string of the molecule is CC1CCC(CCC(=O)N2CCC3(CCNC3)CC2)O1. The summed E-state index contributed by atoms with van der Waals surface area (Å²) in [6.07, 6.45) is 8.23. The number of rotatable bonds is 3. The standard InChI is InChI=1S/C16H28N2O2/c1-13-2-3-14(20-13)4-5-15(19)18-10-7-16(8-11-18)6-9-17-12-16/h13-14,17H,2-12H2,1H3. The lowest BCUT2D eigenvalue weighted by Gasteiger charge is -2.39. The highest BCUT2D eigenvalue weighted by Gasteiger charge is 2.38. The van der Waals surface area contributed by atoms with Crippen LogP contribution in [0.1, 0.15) is 51.9 Å². The van der Waals surface area contributed by atoms with Crippen LogP contribution < -0.4 is 5.32 Å². The van der Waals surface area contributed by atoms with Crippen molar-refractivity contribution in [3.8, 4) is 0 Å². The molecule has 1 spiro atoms. The first-order chi connectivity index (χ1) is 9.67. The minimum atomic E-state index is 0.323. The zero-order valence-electron chi connectivity index (χ0n) is 12.7. The zero-order valence-corrected chi connectivity index (χ0v) is 12.7. The fourth-order valence-corrected chi connectivity index (χ4v) is 3.99. The van der Waals surface area contributed by atoms with Crippen LogP contribution in [-0.4, -0.2) is 49.2 Å². The second kappa shape index (κ2) is 6.02. The molecule has 1 amide bonds. The molecule has 0 bridgehead atoms. The molecular formula is C16H28N2O2. The van der Waals surface area contributed by atoms with Gasteiger partial charge in [0.2, 0.25) is 5.91 Å². The summed E-state index contributed by atoms with van der Waals surface area (Å²) in [6.45, 7) is 6.36. The van der Waals surface area contributed by atoms with Crippen LogP contribution in [0.25, 0.3) is 0 Å². The topological polar surface area (TPSA) is 41.6 Å². The van der Waals surface area contributed by atoms with Gasteiger partial charge in [0.15, 0.2) is 0 Å². The number of nitrogens with zero attached hydrogens (tertiary/aromatic N) is 1. The highest BCUT2D eigenvalue weighted by Crippen LogP contribution is 2.37. The minimum absolute atomic E-state index is 0.323. The van der Waals surface area contributed by atoms with E-state index in [-0.39, 0.29) is 0 Å². The van der Waals surface area contributed by atoms with E-state index in [9.17, 15) is 4.79 Å². The molecule has 3 fully saturated rings. The maximum absolute atomic E-state index is 12.3. The van der Waals surface area contributed by atoms with Gasteiger partial charge in [-0.2, -0.15) is 0 Å². The Labute approximate surface area is 122 Å². The Hall–Kier alpha value is -0.610. The normalized spacial score (nSPS) is 33.0. The van der Waals surface area contributed by atoms with Crippen molar-refractivity contribution >= 4 is 5.91 Å². The molecule has 0 radical (unpaired) electrons. The lowest BCUT2D eigenvalue weighted by atomic mass is 9.78. The quantitative estimate of drug-likeness (QED) is 0.859. The lowest BCUT2D eigenvalue weighted by molar-refractivity contribution is -0.134. The van der Waals surface area contributed by atoms with E-state index < -0.39 is 0 Å². The highest BCUT2D eigenvalue weighted by atomic mass is 16.5. The summed E-state index contributed by atoms with van der Waals surface area (Å²) in [5, 5.41) is 3.47. The van der Waals surface area contributed by atoms with Crippen molar-refractivity contribution in [1.82, 2.24) is 10.2 Å². The second-order valence-electron chi connectivity index (χ2n) is 6.99. The number of nitrogens with one attached hydrogen (secondary N) is 1. The molecule has 114 valence electrons. The zero-order chi connectivity index (χ0) is 14.0. The Morgan fingerprint density at radius 2 is 2.10 bits per heavy atom. The van der Waals surface area contributed by atoms with Crippen molar-refractivity contribution in [3.05, 3.63) is 0 Å². The maximum Gasteiger partial charge on any atom is 0.222 e. The first-order valence-electron chi connectivity index (χ1n) is 8.31. The van der Waals surface area contributed by atoms with Gasteiger partial charge >= 0.3 is 0 Å². The van der Waals surface area contributed by atoms with Crippen molar-refractivity contribution in [2.75, 3.05) is 26.2 Å². The largest absolute Gasteiger partial charge is 0.375 e. The Morgan fingerprint density at radius 3 is 2.70 bits per heavy atom. The molecule has 0 saturated carbocycles. The molecule has 20 heavy (non-hydrogen) atoms. The van der Waals surface area contributed by atoms with E-state index in [4.69, 9.17) is 4.74 Å². The van der Waals surface area contributed by atoms with Gasteiger partial charge in [0.25, 0.3) is 0 Å². The fraction of sp³-hybridized carbons (Fsp3) is 0.938. The van der Waals surface area contributed by atoms with E-state index in [1.54, 1.807) is 0 Å². The van der Waals surface area contributed by atoms with E-state index in [0.717, 1.165) is 45.4 Å². The van der Waals surface area contributed by atoms with E-state index in [0.29, 0.717) is 30.0 Å². The van der Waals surface area contributed by atoms with Crippen LogP contribution in [0.15, 0.2) is 0 Å². The Morgan fingerprint density at radius 1 is 1.30 bits per heavy atom. The summed E-state index contributed by atoms with van der Waals surface area (Å²) >= 11 is 0. The number of hydrogen-bond donors (Lipinski definition) is 1. The van der Waals surface area contributed by atoms with Gasteiger partial charge in [-0.1, -0.05) is 0 Å². The van der Waals surface area contributed by atoms with Gasteiger partial charge in [0.05, 0.1) is 12.2 Å². The average Bonchev–Trinajstić information content (AvgIpc) is 3.07. The first kappa shape index (κ1) is 14.3. The van der Waals surface area contributed by atoms with Crippen LogP contribution in [0.5, 0.6) is 0 Å². The van der Waals surface area contributed by atoms with Crippen LogP contribution in [-0.2, 0) is 9.53 Å². The number of carbonyl (C=O) groups is 1. The molecule has 0 aromatic carbocycles. The summed E-state index contributed by atoms with van der Waals surface area (Å²) < 4.78 is 5.80. The molecule has 1 N–H and O–H groups in total. The average molecular weight is 280 g/mol. The molecule has 0 aromatic rings. The van der Waals surface area contributed by atoms with Crippen molar-refractivity contribution in [1.29, 1.82) is 0 Å². The van der Waals surface area contributed by atoms with Crippen molar-refractivity contribution < 1.29 is 9.53 Å². The molecule has 3 heterocycles. The van der Waals surface area contributed by atoms with Gasteiger partial charge in [0, 0.05) is 26.1 Å². The third-order valence-electron chi connectivity index (χ3n) is 5.51.